The zero-order chi connectivity index (χ0) is 32.8. The number of aromatic nitrogens is 4. The Morgan fingerprint density at radius 3 is 2.08 bits per heavy atom. The lowest BCUT2D eigenvalue weighted by atomic mass is 9.68. The maximum absolute atomic E-state index is 5.32. The van der Waals surface area contributed by atoms with Crippen molar-refractivity contribution in [1.29, 1.82) is 0 Å². The van der Waals surface area contributed by atoms with Crippen molar-refractivity contribution in [3.63, 3.8) is 0 Å². The number of para-hydroxylation sites is 1. The Hall–Kier alpha value is -5.65. The number of rotatable bonds is 3. The molecule has 1 fully saturated rings. The maximum Gasteiger partial charge on any atom is 0.238 e. The van der Waals surface area contributed by atoms with Gasteiger partial charge < -0.3 is 0 Å². The molecule has 0 amide bonds. The van der Waals surface area contributed by atoms with E-state index >= 15 is 0 Å². The van der Waals surface area contributed by atoms with Crippen molar-refractivity contribution in [1.82, 2.24) is 19.5 Å². The molecule has 0 bridgehead atoms. The molecule has 2 aliphatic carbocycles. The molecule has 9 aromatic rings. The minimum Gasteiger partial charge on any atom is -0.278 e. The molecule has 0 unspecified atom stereocenters. The molecular weight excluding hydrogens is 629 g/mol. The smallest absolute Gasteiger partial charge is 0.238 e. The first kappa shape index (κ1) is 28.2. The van der Waals surface area contributed by atoms with Crippen LogP contribution in [0.15, 0.2) is 133 Å². The minimum absolute atomic E-state index is 0.0543. The third-order valence-corrected chi connectivity index (χ3v) is 12.4. The average molecular weight is 661 g/mol. The number of hydrogen-bond acceptors (Lipinski definition) is 4. The number of thiophene rings is 1. The molecule has 2 aliphatic rings. The SMILES string of the molecule is c1ccc(-c2nc(-c3ccc4c(c3)sc3ccccc34)nc(-n3c4ccccc4c4cc5c(cc43)C3(CCCCC3)c3ccccc3-5)n2)cc1. The largest absolute Gasteiger partial charge is 0.278 e. The standard InChI is InChI=1S/C45H32N4S/c1-3-13-28(14-4-1)42-46-43(29-21-22-33-32-17-7-10-20-40(32)50-41(33)25-29)48-44(47-42)49-38-19-9-6-16-31(38)35-26-34-30-15-5-8-18-36(30)45(23-11-2-12-24-45)37(34)27-39(35)49/h1,3-10,13-22,25-27H,2,11-12,23-24H2. The number of hydrogen-bond donors (Lipinski definition) is 0. The molecule has 0 N–H and O–H groups in total. The molecule has 0 aliphatic heterocycles. The van der Waals surface area contributed by atoms with Gasteiger partial charge in [0.2, 0.25) is 5.95 Å². The molecule has 0 radical (unpaired) electrons. The van der Waals surface area contributed by atoms with Crippen molar-refractivity contribution in [2.75, 3.05) is 0 Å². The minimum atomic E-state index is 0.0543. The lowest BCUT2D eigenvalue weighted by molar-refractivity contribution is 0.353. The van der Waals surface area contributed by atoms with E-state index in [4.69, 9.17) is 15.0 Å². The van der Waals surface area contributed by atoms with E-state index in [0.717, 1.165) is 22.2 Å². The normalized spacial score (nSPS) is 15.0. The summed E-state index contributed by atoms with van der Waals surface area (Å²) in [6, 6.07) is 48.4. The molecule has 11 rings (SSSR count). The van der Waals surface area contributed by atoms with Gasteiger partial charge in [-0.25, -0.2) is 4.98 Å². The van der Waals surface area contributed by atoms with Crippen LogP contribution in [0.1, 0.15) is 43.2 Å². The third-order valence-electron chi connectivity index (χ3n) is 11.3. The molecule has 238 valence electrons. The van der Waals surface area contributed by atoms with E-state index in [1.807, 2.05) is 29.5 Å². The van der Waals surface area contributed by atoms with E-state index in [9.17, 15) is 0 Å². The van der Waals surface area contributed by atoms with Crippen molar-refractivity contribution >= 4 is 53.3 Å². The predicted octanol–water partition coefficient (Wildman–Crippen LogP) is 11.9. The molecule has 1 spiro atoms. The zero-order valence-corrected chi connectivity index (χ0v) is 28.3. The van der Waals surface area contributed by atoms with Gasteiger partial charge in [0, 0.05) is 47.5 Å². The Balaban J connectivity index is 1.19. The van der Waals surface area contributed by atoms with Crippen LogP contribution in [0.25, 0.3) is 81.8 Å². The molecule has 3 heterocycles. The Morgan fingerprint density at radius 2 is 1.20 bits per heavy atom. The Morgan fingerprint density at radius 1 is 0.480 bits per heavy atom. The van der Waals surface area contributed by atoms with Gasteiger partial charge in [-0.15, -0.1) is 11.3 Å². The summed E-state index contributed by atoms with van der Waals surface area (Å²) in [7, 11) is 0. The van der Waals surface area contributed by atoms with Crippen LogP contribution in [0.4, 0.5) is 0 Å². The molecule has 1 saturated carbocycles. The van der Waals surface area contributed by atoms with Crippen LogP contribution in [0.5, 0.6) is 0 Å². The fourth-order valence-corrected chi connectivity index (χ4v) is 10.1. The molecule has 3 aromatic heterocycles. The van der Waals surface area contributed by atoms with Gasteiger partial charge in [-0.05, 0) is 65.4 Å². The van der Waals surface area contributed by atoms with Gasteiger partial charge in [0.1, 0.15) is 0 Å². The first-order valence-electron chi connectivity index (χ1n) is 17.7. The maximum atomic E-state index is 5.32. The molecule has 50 heavy (non-hydrogen) atoms. The average Bonchev–Trinajstić information content (AvgIpc) is 3.80. The first-order chi connectivity index (χ1) is 24.7. The molecular formula is C45H32N4S. The Labute approximate surface area is 293 Å². The van der Waals surface area contributed by atoms with Crippen LogP contribution in [0.2, 0.25) is 0 Å². The van der Waals surface area contributed by atoms with Crippen LogP contribution in [-0.4, -0.2) is 19.5 Å². The number of fused-ring (bicyclic) bond motifs is 11. The van der Waals surface area contributed by atoms with Gasteiger partial charge in [0.05, 0.1) is 11.0 Å². The molecule has 6 aromatic carbocycles. The van der Waals surface area contributed by atoms with Gasteiger partial charge >= 0.3 is 0 Å². The van der Waals surface area contributed by atoms with E-state index in [1.165, 1.54) is 85.3 Å². The van der Waals surface area contributed by atoms with Crippen LogP contribution in [0, 0.1) is 0 Å². The van der Waals surface area contributed by atoms with Crippen molar-refractivity contribution in [3.05, 3.63) is 145 Å². The molecule has 4 nitrogen and oxygen atoms in total. The second kappa shape index (κ2) is 10.7. The monoisotopic (exact) mass is 660 g/mol. The summed E-state index contributed by atoms with van der Waals surface area (Å²) in [5, 5.41) is 5.00. The summed E-state index contributed by atoms with van der Waals surface area (Å²) in [4.78, 5) is 15.7. The van der Waals surface area contributed by atoms with Crippen molar-refractivity contribution < 1.29 is 0 Å². The highest BCUT2D eigenvalue weighted by molar-refractivity contribution is 7.25. The summed E-state index contributed by atoms with van der Waals surface area (Å²) < 4.78 is 4.81. The topological polar surface area (TPSA) is 43.6 Å². The Kier molecular flexibility index (Phi) is 6.02. The van der Waals surface area contributed by atoms with E-state index in [-0.39, 0.29) is 5.41 Å². The van der Waals surface area contributed by atoms with E-state index in [2.05, 4.69) is 120 Å². The van der Waals surface area contributed by atoms with Crippen molar-refractivity contribution in [2.24, 2.45) is 0 Å². The lowest BCUT2D eigenvalue weighted by Gasteiger charge is -2.36. The predicted molar refractivity (Wildman–Crippen MR) is 207 cm³/mol. The summed E-state index contributed by atoms with van der Waals surface area (Å²) in [5.74, 6) is 1.99. The van der Waals surface area contributed by atoms with E-state index < -0.39 is 0 Å². The summed E-state index contributed by atoms with van der Waals surface area (Å²) in [5.41, 5.74) is 10.0. The highest BCUT2D eigenvalue weighted by Gasteiger charge is 2.44. The molecule has 0 saturated heterocycles. The van der Waals surface area contributed by atoms with Crippen LogP contribution in [-0.2, 0) is 5.41 Å². The van der Waals surface area contributed by atoms with Gasteiger partial charge in [-0.1, -0.05) is 122 Å². The number of benzene rings is 6. The summed E-state index contributed by atoms with van der Waals surface area (Å²) >= 11 is 1.82. The van der Waals surface area contributed by atoms with Gasteiger partial charge in [0.15, 0.2) is 11.6 Å². The van der Waals surface area contributed by atoms with Crippen LogP contribution >= 0.6 is 11.3 Å². The highest BCUT2D eigenvalue weighted by Crippen LogP contribution is 2.57. The van der Waals surface area contributed by atoms with E-state index in [1.54, 1.807) is 0 Å². The summed E-state index contributed by atoms with van der Waals surface area (Å²) in [6.45, 7) is 0. The van der Waals surface area contributed by atoms with Crippen molar-refractivity contribution in [3.8, 4) is 39.9 Å². The Bertz CT molecular complexity index is 2800. The molecule has 0 atom stereocenters. The van der Waals surface area contributed by atoms with Crippen molar-refractivity contribution in [2.45, 2.75) is 37.5 Å². The molecule has 5 heteroatoms. The van der Waals surface area contributed by atoms with Gasteiger partial charge in [-0.2, -0.15) is 9.97 Å². The lowest BCUT2D eigenvalue weighted by Crippen LogP contribution is -2.28. The fraction of sp³-hybridized carbons (Fsp3) is 0.133. The first-order valence-corrected chi connectivity index (χ1v) is 18.5. The quantitative estimate of drug-likeness (QED) is 0.189. The highest BCUT2D eigenvalue weighted by atomic mass is 32.1. The summed E-state index contributed by atoms with van der Waals surface area (Å²) in [6.07, 6.45) is 6.21. The van der Waals surface area contributed by atoms with Crippen LogP contribution in [0.3, 0.4) is 0 Å². The number of nitrogens with zero attached hydrogens (tertiary/aromatic N) is 4. The van der Waals surface area contributed by atoms with Gasteiger partial charge in [-0.3, -0.25) is 4.57 Å². The second-order valence-electron chi connectivity index (χ2n) is 13.9. The van der Waals surface area contributed by atoms with E-state index in [0.29, 0.717) is 17.6 Å². The third kappa shape index (κ3) is 4.01. The zero-order valence-electron chi connectivity index (χ0n) is 27.4. The fourth-order valence-electron chi connectivity index (χ4n) is 9.00. The van der Waals surface area contributed by atoms with Crippen LogP contribution < -0.4 is 0 Å². The van der Waals surface area contributed by atoms with Gasteiger partial charge in [0.25, 0.3) is 0 Å². The second-order valence-corrected chi connectivity index (χ2v) is 15.0.